The topological polar surface area (TPSA) is 116 Å². The Labute approximate surface area is 183 Å². The fraction of sp³-hybridized carbons (Fsp3) is 0.182. The first-order chi connectivity index (χ1) is 14.9. The van der Waals surface area contributed by atoms with E-state index in [-0.39, 0.29) is 18.3 Å². The third-order valence-corrected chi connectivity index (χ3v) is 5.31. The highest BCUT2D eigenvalue weighted by molar-refractivity contribution is 8.00. The number of rotatable bonds is 7. The summed E-state index contributed by atoms with van der Waals surface area (Å²) in [4.78, 5) is 40.4. The van der Waals surface area contributed by atoms with Gasteiger partial charge in [-0.15, -0.1) is 0 Å². The number of nitrogens with two attached hydrogens (primary N) is 1. The third-order valence-electron chi connectivity index (χ3n) is 4.26. The number of nitrogen functional groups attached to an aromatic ring is 1. The summed E-state index contributed by atoms with van der Waals surface area (Å²) in [5.41, 5.74) is 7.25. The second-order valence-corrected chi connectivity index (χ2v) is 7.83. The van der Waals surface area contributed by atoms with Gasteiger partial charge in [0.25, 0.3) is 5.56 Å². The van der Waals surface area contributed by atoms with Gasteiger partial charge in [0.05, 0.1) is 17.4 Å². The minimum Gasteiger partial charge on any atom is -0.462 e. The summed E-state index contributed by atoms with van der Waals surface area (Å²) < 4.78 is 6.57. The van der Waals surface area contributed by atoms with Gasteiger partial charge in [0, 0.05) is 17.4 Å². The standard InChI is InChI=1S/C22H22N4O4S/c1-3-30-21(29)15-9-11-16(12-10-15)24-20(28)14(2)31-22-25-19(27)13-18(23)26(22)17-7-5-4-6-8-17/h4-14H,3,23H2,1-2H3,(H,24,28)/t14-/m0/s1. The normalized spacial score (nSPS) is 11.5. The van der Waals surface area contributed by atoms with E-state index < -0.39 is 16.8 Å². The van der Waals surface area contributed by atoms with Crippen molar-refractivity contribution in [3.05, 3.63) is 76.6 Å². The van der Waals surface area contributed by atoms with Crippen LogP contribution in [0.3, 0.4) is 0 Å². The fourth-order valence-corrected chi connectivity index (χ4v) is 3.69. The Morgan fingerprint density at radius 2 is 1.84 bits per heavy atom. The second-order valence-electron chi connectivity index (χ2n) is 6.52. The van der Waals surface area contributed by atoms with Crippen LogP contribution in [-0.2, 0) is 9.53 Å². The van der Waals surface area contributed by atoms with Gasteiger partial charge in [-0.1, -0.05) is 30.0 Å². The first kappa shape index (κ1) is 22.1. The summed E-state index contributed by atoms with van der Waals surface area (Å²) in [6, 6.07) is 16.9. The summed E-state index contributed by atoms with van der Waals surface area (Å²) >= 11 is 1.12. The molecule has 2 aromatic carbocycles. The number of amides is 1. The van der Waals surface area contributed by atoms with E-state index in [1.807, 2.05) is 30.3 Å². The molecule has 0 fully saturated rings. The van der Waals surface area contributed by atoms with Gasteiger partial charge in [0.15, 0.2) is 5.16 Å². The average molecular weight is 439 g/mol. The highest BCUT2D eigenvalue weighted by Crippen LogP contribution is 2.26. The molecule has 8 nitrogen and oxygen atoms in total. The summed E-state index contributed by atoms with van der Waals surface area (Å²) in [5.74, 6) is -0.475. The Balaban J connectivity index is 1.76. The smallest absolute Gasteiger partial charge is 0.338 e. The van der Waals surface area contributed by atoms with E-state index in [9.17, 15) is 14.4 Å². The highest BCUT2D eigenvalue weighted by atomic mass is 32.2. The van der Waals surface area contributed by atoms with Gasteiger partial charge in [0.1, 0.15) is 5.82 Å². The summed E-state index contributed by atoms with van der Waals surface area (Å²) in [6.07, 6.45) is 0. The van der Waals surface area contributed by atoms with Crippen molar-refractivity contribution in [2.24, 2.45) is 0 Å². The van der Waals surface area contributed by atoms with Crippen LogP contribution in [-0.4, -0.2) is 33.3 Å². The van der Waals surface area contributed by atoms with Crippen LogP contribution in [0.5, 0.6) is 0 Å². The molecular formula is C22H22N4O4S. The van der Waals surface area contributed by atoms with Crippen LogP contribution in [0.25, 0.3) is 5.69 Å². The lowest BCUT2D eigenvalue weighted by atomic mass is 10.2. The number of nitrogens with one attached hydrogen (secondary N) is 1. The number of anilines is 2. The van der Waals surface area contributed by atoms with Gasteiger partial charge in [-0.25, -0.2) is 4.79 Å². The number of esters is 1. The van der Waals surface area contributed by atoms with Crippen LogP contribution in [0.2, 0.25) is 0 Å². The maximum absolute atomic E-state index is 12.7. The van der Waals surface area contributed by atoms with Crippen LogP contribution >= 0.6 is 11.8 Å². The zero-order valence-electron chi connectivity index (χ0n) is 17.1. The van der Waals surface area contributed by atoms with Gasteiger partial charge in [-0.2, -0.15) is 4.98 Å². The van der Waals surface area contributed by atoms with Crippen molar-refractivity contribution < 1.29 is 14.3 Å². The van der Waals surface area contributed by atoms with Crippen molar-refractivity contribution >= 4 is 35.1 Å². The van der Waals surface area contributed by atoms with E-state index in [4.69, 9.17) is 10.5 Å². The lowest BCUT2D eigenvalue weighted by Gasteiger charge is -2.17. The molecule has 3 N–H and O–H groups in total. The van der Waals surface area contributed by atoms with Crippen molar-refractivity contribution in [1.82, 2.24) is 9.55 Å². The molecule has 1 amide bonds. The molecule has 0 radical (unpaired) electrons. The number of aromatic nitrogens is 2. The Morgan fingerprint density at radius 1 is 1.16 bits per heavy atom. The average Bonchev–Trinajstić information content (AvgIpc) is 2.74. The SMILES string of the molecule is CCOC(=O)c1ccc(NC(=O)[C@H](C)Sc2nc(=O)cc(N)n2-c2ccccc2)cc1. The van der Waals surface area contributed by atoms with Crippen LogP contribution in [0.15, 0.2) is 70.6 Å². The maximum atomic E-state index is 12.7. The van der Waals surface area contributed by atoms with Crippen molar-refractivity contribution in [2.45, 2.75) is 24.3 Å². The van der Waals surface area contributed by atoms with Crippen LogP contribution < -0.4 is 16.6 Å². The van der Waals surface area contributed by atoms with E-state index in [0.717, 1.165) is 17.4 Å². The summed E-state index contributed by atoms with van der Waals surface area (Å²) in [7, 11) is 0. The van der Waals surface area contributed by atoms with E-state index in [1.165, 1.54) is 6.07 Å². The van der Waals surface area contributed by atoms with E-state index in [2.05, 4.69) is 10.3 Å². The molecule has 3 rings (SSSR count). The molecule has 3 aromatic rings. The number of benzene rings is 2. The molecule has 31 heavy (non-hydrogen) atoms. The monoisotopic (exact) mass is 438 g/mol. The summed E-state index contributed by atoms with van der Waals surface area (Å²) in [5, 5.41) is 2.53. The first-order valence-electron chi connectivity index (χ1n) is 9.58. The number of carbonyl (C=O) groups excluding carboxylic acids is 2. The molecule has 1 aromatic heterocycles. The zero-order valence-corrected chi connectivity index (χ0v) is 17.9. The quantitative estimate of drug-likeness (QED) is 0.331. The number of nitrogens with zero attached hydrogens (tertiary/aromatic N) is 2. The molecule has 0 bridgehead atoms. The van der Waals surface area contributed by atoms with Crippen molar-refractivity contribution in [3.8, 4) is 5.69 Å². The molecule has 1 heterocycles. The number of para-hydroxylation sites is 1. The minimum absolute atomic E-state index is 0.232. The van der Waals surface area contributed by atoms with Crippen molar-refractivity contribution in [3.63, 3.8) is 0 Å². The third kappa shape index (κ3) is 5.52. The number of thioether (sulfide) groups is 1. The van der Waals surface area contributed by atoms with Gasteiger partial charge < -0.3 is 15.8 Å². The van der Waals surface area contributed by atoms with E-state index >= 15 is 0 Å². The highest BCUT2D eigenvalue weighted by Gasteiger charge is 2.19. The summed E-state index contributed by atoms with van der Waals surface area (Å²) in [6.45, 7) is 3.73. The molecule has 0 aliphatic heterocycles. The van der Waals surface area contributed by atoms with Crippen molar-refractivity contribution in [1.29, 1.82) is 0 Å². The fourth-order valence-electron chi connectivity index (χ4n) is 2.75. The lowest BCUT2D eigenvalue weighted by molar-refractivity contribution is -0.115. The second kappa shape index (κ2) is 9.94. The van der Waals surface area contributed by atoms with Crippen LogP contribution in [0.1, 0.15) is 24.2 Å². The Bertz CT molecular complexity index is 1130. The molecule has 0 unspecified atom stereocenters. The largest absolute Gasteiger partial charge is 0.462 e. The molecule has 0 saturated carbocycles. The number of ether oxygens (including phenoxy) is 1. The number of carbonyl (C=O) groups is 2. The van der Waals surface area contributed by atoms with E-state index in [1.54, 1.807) is 42.7 Å². The molecule has 0 aliphatic rings. The van der Waals surface area contributed by atoms with Gasteiger partial charge in [-0.3, -0.25) is 14.2 Å². The number of hydrogen-bond acceptors (Lipinski definition) is 7. The molecule has 1 atom stereocenters. The minimum atomic E-state index is -0.576. The van der Waals surface area contributed by atoms with Crippen LogP contribution in [0, 0.1) is 0 Å². The van der Waals surface area contributed by atoms with Gasteiger partial charge in [0.2, 0.25) is 5.91 Å². The van der Waals surface area contributed by atoms with Crippen LogP contribution in [0.4, 0.5) is 11.5 Å². The molecular weight excluding hydrogens is 416 g/mol. The zero-order chi connectivity index (χ0) is 22.4. The Kier molecular flexibility index (Phi) is 7.09. The molecule has 0 saturated heterocycles. The van der Waals surface area contributed by atoms with Gasteiger partial charge in [-0.05, 0) is 50.2 Å². The first-order valence-corrected chi connectivity index (χ1v) is 10.5. The number of hydrogen-bond donors (Lipinski definition) is 2. The van der Waals surface area contributed by atoms with Crippen molar-refractivity contribution in [2.75, 3.05) is 17.7 Å². The molecule has 160 valence electrons. The Hall–Kier alpha value is -3.59. The molecule has 0 aliphatic carbocycles. The predicted octanol–water partition coefficient (Wildman–Crippen LogP) is 3.11. The maximum Gasteiger partial charge on any atom is 0.338 e. The van der Waals surface area contributed by atoms with Gasteiger partial charge >= 0.3 is 5.97 Å². The Morgan fingerprint density at radius 3 is 2.48 bits per heavy atom. The molecule has 9 heteroatoms. The lowest BCUT2D eigenvalue weighted by Crippen LogP contribution is -2.24. The van der Waals surface area contributed by atoms with E-state index in [0.29, 0.717) is 16.4 Å². The molecule has 0 spiro atoms. The predicted molar refractivity (Wildman–Crippen MR) is 121 cm³/mol.